The van der Waals surface area contributed by atoms with Crippen molar-refractivity contribution in [1.29, 1.82) is 0 Å². The Bertz CT molecular complexity index is 837. The summed E-state index contributed by atoms with van der Waals surface area (Å²) in [7, 11) is 0. The summed E-state index contributed by atoms with van der Waals surface area (Å²) >= 11 is 1.43. The average Bonchev–Trinajstić information content (AvgIpc) is 3.20. The molecule has 1 N–H and O–H groups in total. The molecule has 0 bridgehead atoms. The summed E-state index contributed by atoms with van der Waals surface area (Å²) in [5, 5.41) is 5.80. The van der Waals surface area contributed by atoms with E-state index in [1.807, 2.05) is 35.7 Å². The molecule has 7 heteroatoms. The molecule has 2 aromatic rings. The van der Waals surface area contributed by atoms with Crippen LogP contribution in [0, 0.1) is 5.41 Å². The lowest BCUT2D eigenvalue weighted by atomic mass is 9.78. The number of anilines is 2. The summed E-state index contributed by atoms with van der Waals surface area (Å²) in [4.78, 5) is 29.3. The van der Waals surface area contributed by atoms with Gasteiger partial charge in [-0.1, -0.05) is 18.2 Å². The van der Waals surface area contributed by atoms with Crippen LogP contribution in [0.25, 0.3) is 0 Å². The molecule has 3 atom stereocenters. The Hall–Kier alpha value is -2.41. The molecule has 1 aromatic carbocycles. The van der Waals surface area contributed by atoms with E-state index in [1.165, 1.54) is 11.3 Å². The minimum absolute atomic E-state index is 0.260. The maximum Gasteiger partial charge on any atom is 0.324 e. The number of nitrogens with one attached hydrogen (secondary N) is 1. The number of ether oxygens (including phenoxy) is 2. The zero-order valence-electron chi connectivity index (χ0n) is 13.9. The fourth-order valence-corrected chi connectivity index (χ4v) is 4.42. The third-order valence-electron chi connectivity index (χ3n) is 4.75. The number of carbonyl (C=O) groups excluding carboxylic acids is 2. The molecular weight excluding hydrogens is 340 g/mol. The number of thiazole rings is 1. The number of benzene rings is 1. The number of hydrogen-bond donors (Lipinski definition) is 1. The van der Waals surface area contributed by atoms with Crippen molar-refractivity contribution in [3.05, 3.63) is 41.4 Å². The lowest BCUT2D eigenvalue weighted by Crippen LogP contribution is -2.31. The van der Waals surface area contributed by atoms with Gasteiger partial charge in [0.15, 0.2) is 16.1 Å². The molecule has 6 nitrogen and oxygen atoms in total. The van der Waals surface area contributed by atoms with Gasteiger partial charge in [0.1, 0.15) is 6.10 Å². The number of nitrogens with zero attached hydrogens (tertiary/aromatic N) is 1. The van der Waals surface area contributed by atoms with Gasteiger partial charge in [-0.2, -0.15) is 0 Å². The van der Waals surface area contributed by atoms with Gasteiger partial charge in [-0.3, -0.25) is 9.59 Å². The van der Waals surface area contributed by atoms with Gasteiger partial charge in [0.2, 0.25) is 0 Å². The Morgan fingerprint density at radius 2 is 2.00 bits per heavy atom. The highest BCUT2D eigenvalue weighted by Gasteiger charge is 2.65. The van der Waals surface area contributed by atoms with Gasteiger partial charge in [0.05, 0.1) is 5.69 Å². The monoisotopic (exact) mass is 358 g/mol. The van der Waals surface area contributed by atoms with Gasteiger partial charge in [-0.25, -0.2) is 4.98 Å². The van der Waals surface area contributed by atoms with E-state index in [1.54, 1.807) is 13.8 Å². The molecule has 2 aliphatic rings. The van der Waals surface area contributed by atoms with Gasteiger partial charge >= 0.3 is 11.9 Å². The van der Waals surface area contributed by atoms with Crippen LogP contribution in [0.4, 0.5) is 10.8 Å². The number of esters is 2. The van der Waals surface area contributed by atoms with Crippen LogP contribution in [0.1, 0.15) is 32.4 Å². The first-order chi connectivity index (χ1) is 11.9. The fourth-order valence-electron chi connectivity index (χ4n) is 3.57. The number of rotatable bonds is 3. The maximum atomic E-state index is 12.5. The highest BCUT2D eigenvalue weighted by Crippen LogP contribution is 2.52. The van der Waals surface area contributed by atoms with E-state index in [4.69, 9.17) is 9.47 Å². The van der Waals surface area contributed by atoms with Crippen LogP contribution in [0.5, 0.6) is 0 Å². The molecule has 0 radical (unpaired) electrons. The first-order valence-electron chi connectivity index (χ1n) is 8.14. The SMILES string of the molecule is C[C@@H]1C[C@]2(C[C@@](C)(c3csc(Nc4ccccc4)n3)OC2=O)C(=O)O1. The number of hydrogen-bond acceptors (Lipinski definition) is 7. The molecule has 1 aromatic heterocycles. The van der Waals surface area contributed by atoms with E-state index in [0.29, 0.717) is 17.2 Å². The van der Waals surface area contributed by atoms with Crippen LogP contribution in [-0.2, 0) is 24.7 Å². The molecule has 0 aliphatic carbocycles. The molecule has 0 saturated carbocycles. The summed E-state index contributed by atoms with van der Waals surface area (Å²) in [5.41, 5.74) is -0.534. The molecule has 2 fully saturated rings. The molecule has 0 unspecified atom stereocenters. The zero-order valence-corrected chi connectivity index (χ0v) is 14.8. The molecule has 3 heterocycles. The summed E-state index contributed by atoms with van der Waals surface area (Å²) in [6.07, 6.45) is 0.351. The van der Waals surface area contributed by atoms with Gasteiger partial charge in [0, 0.05) is 23.9 Å². The van der Waals surface area contributed by atoms with E-state index in [-0.39, 0.29) is 12.5 Å². The van der Waals surface area contributed by atoms with E-state index >= 15 is 0 Å². The normalized spacial score (nSPS) is 31.2. The zero-order chi connectivity index (χ0) is 17.7. The quantitative estimate of drug-likeness (QED) is 0.669. The third-order valence-corrected chi connectivity index (χ3v) is 5.51. The van der Waals surface area contributed by atoms with Crippen molar-refractivity contribution in [3.63, 3.8) is 0 Å². The van der Waals surface area contributed by atoms with E-state index < -0.39 is 23.0 Å². The van der Waals surface area contributed by atoms with E-state index in [9.17, 15) is 9.59 Å². The fraction of sp³-hybridized carbons (Fsp3) is 0.389. The van der Waals surface area contributed by atoms with Crippen LogP contribution in [-0.4, -0.2) is 23.0 Å². The van der Waals surface area contributed by atoms with Crippen LogP contribution < -0.4 is 5.32 Å². The molecule has 130 valence electrons. The molecule has 2 aliphatic heterocycles. The first-order valence-corrected chi connectivity index (χ1v) is 9.02. The van der Waals surface area contributed by atoms with Gasteiger partial charge in [-0.15, -0.1) is 11.3 Å². The van der Waals surface area contributed by atoms with Gasteiger partial charge in [-0.05, 0) is 26.0 Å². The largest absolute Gasteiger partial charge is 0.462 e. The molecule has 2 saturated heterocycles. The van der Waals surface area contributed by atoms with E-state index in [0.717, 1.165) is 5.69 Å². The molecule has 4 rings (SSSR count). The minimum Gasteiger partial charge on any atom is -0.462 e. The Labute approximate surface area is 149 Å². The maximum absolute atomic E-state index is 12.5. The molecule has 25 heavy (non-hydrogen) atoms. The molecule has 1 spiro atoms. The van der Waals surface area contributed by atoms with Crippen molar-refractivity contribution >= 4 is 34.1 Å². The topological polar surface area (TPSA) is 77.5 Å². The Kier molecular flexibility index (Phi) is 3.57. The second-order valence-corrected chi connectivity index (χ2v) is 7.69. The second kappa shape index (κ2) is 5.56. The first kappa shape index (κ1) is 16.1. The smallest absolute Gasteiger partial charge is 0.324 e. The van der Waals surface area contributed by atoms with E-state index in [2.05, 4.69) is 10.3 Å². The van der Waals surface area contributed by atoms with Gasteiger partial charge < -0.3 is 14.8 Å². The van der Waals surface area contributed by atoms with Crippen molar-refractivity contribution in [2.75, 3.05) is 5.32 Å². The number of cyclic esters (lactones) is 2. The predicted octanol–water partition coefficient (Wildman–Crippen LogP) is 3.37. The highest BCUT2D eigenvalue weighted by atomic mass is 32.1. The number of aromatic nitrogens is 1. The van der Waals surface area contributed by atoms with Crippen LogP contribution >= 0.6 is 11.3 Å². The van der Waals surface area contributed by atoms with Crippen molar-refractivity contribution in [3.8, 4) is 0 Å². The van der Waals surface area contributed by atoms with Crippen LogP contribution in [0.2, 0.25) is 0 Å². The average molecular weight is 358 g/mol. The van der Waals surface area contributed by atoms with Crippen molar-refractivity contribution in [1.82, 2.24) is 4.98 Å². The minimum atomic E-state index is -1.19. The lowest BCUT2D eigenvalue weighted by molar-refractivity contribution is -0.160. The second-order valence-electron chi connectivity index (χ2n) is 6.83. The summed E-state index contributed by atoms with van der Waals surface area (Å²) < 4.78 is 10.8. The summed E-state index contributed by atoms with van der Waals surface area (Å²) in [6.45, 7) is 3.59. The van der Waals surface area contributed by atoms with Crippen molar-refractivity contribution in [2.45, 2.75) is 38.4 Å². The Morgan fingerprint density at radius 3 is 2.68 bits per heavy atom. The third kappa shape index (κ3) is 2.59. The van der Waals surface area contributed by atoms with Gasteiger partial charge in [0.25, 0.3) is 0 Å². The summed E-state index contributed by atoms with van der Waals surface area (Å²) in [6, 6.07) is 9.71. The lowest BCUT2D eigenvalue weighted by Gasteiger charge is -2.20. The summed E-state index contributed by atoms with van der Waals surface area (Å²) in [5.74, 6) is -0.985. The van der Waals surface area contributed by atoms with Crippen LogP contribution in [0.3, 0.4) is 0 Å². The Balaban J connectivity index is 1.58. The number of para-hydroxylation sites is 1. The molecular formula is C18H18N2O4S. The highest BCUT2D eigenvalue weighted by molar-refractivity contribution is 7.13. The predicted molar refractivity (Wildman–Crippen MR) is 92.5 cm³/mol. The Morgan fingerprint density at radius 1 is 1.24 bits per heavy atom. The standard InChI is InChI=1S/C18H18N2O4S/c1-11-8-18(14(21)23-11)10-17(2,24-15(18)22)13-9-25-16(20-13)19-12-6-4-3-5-7-12/h3-7,9,11H,8,10H2,1-2H3,(H,19,20)/t11-,17+,18+/m1/s1. The van der Waals surface area contributed by atoms with Crippen molar-refractivity contribution in [2.24, 2.45) is 5.41 Å². The van der Waals surface area contributed by atoms with Crippen molar-refractivity contribution < 1.29 is 19.1 Å². The van der Waals surface area contributed by atoms with Crippen LogP contribution in [0.15, 0.2) is 35.7 Å². The molecule has 0 amide bonds. The number of carbonyl (C=O) groups is 2.